The molecular weight excluding hydrogens is 184 g/mol. The van der Waals surface area contributed by atoms with E-state index in [2.05, 4.69) is 13.8 Å². The van der Waals surface area contributed by atoms with Crippen molar-refractivity contribution in [2.75, 3.05) is 0 Å². The van der Waals surface area contributed by atoms with Crippen LogP contribution in [0.2, 0.25) is 0 Å². The van der Waals surface area contributed by atoms with Gasteiger partial charge < -0.3 is 0 Å². The number of sulfone groups is 1. The second kappa shape index (κ2) is 7.36. The van der Waals surface area contributed by atoms with Gasteiger partial charge in [-0.3, -0.25) is 0 Å². The van der Waals surface area contributed by atoms with E-state index in [1.807, 2.05) is 0 Å². The number of hydrogen-bond donors (Lipinski definition) is 0. The fourth-order valence-electron chi connectivity index (χ4n) is 0.544. The Kier molecular flexibility index (Phi) is 8.74. The zero-order valence-electron chi connectivity index (χ0n) is 9.79. The Morgan fingerprint density at radius 3 is 1.08 bits per heavy atom. The van der Waals surface area contributed by atoms with Crippen LogP contribution in [0.5, 0.6) is 0 Å². The summed E-state index contributed by atoms with van der Waals surface area (Å²) in [6.45, 7) is 11.2. The predicted octanol–water partition coefficient (Wildman–Crippen LogP) is 3.02. The Hall–Kier alpha value is -0.0500. The van der Waals surface area contributed by atoms with Crippen molar-refractivity contribution in [3.05, 3.63) is 0 Å². The third-order valence-electron chi connectivity index (χ3n) is 1.81. The van der Waals surface area contributed by atoms with Crippen molar-refractivity contribution in [1.82, 2.24) is 0 Å². The molecule has 3 heteroatoms. The van der Waals surface area contributed by atoms with Crippen molar-refractivity contribution in [3.8, 4) is 0 Å². The van der Waals surface area contributed by atoms with E-state index in [0.29, 0.717) is 0 Å². The first-order valence-corrected chi connectivity index (χ1v) is 6.64. The van der Waals surface area contributed by atoms with Gasteiger partial charge in [-0.1, -0.05) is 26.7 Å². The minimum Gasteiger partial charge on any atom is -0.228 e. The van der Waals surface area contributed by atoms with Crippen LogP contribution in [0.1, 0.15) is 54.4 Å². The monoisotopic (exact) mass is 208 g/mol. The van der Waals surface area contributed by atoms with Crippen LogP contribution in [0.4, 0.5) is 0 Å². The molecule has 82 valence electrons. The SMILES string of the molecule is CC(C)S(=O)(=O)C(C)C.CCCC. The molecule has 0 aliphatic heterocycles. The van der Waals surface area contributed by atoms with Crippen LogP contribution in [0.15, 0.2) is 0 Å². The fraction of sp³-hybridized carbons (Fsp3) is 1.00. The second-order valence-corrected chi connectivity index (χ2v) is 6.75. The van der Waals surface area contributed by atoms with Crippen LogP contribution in [0, 0.1) is 0 Å². The molecule has 0 atom stereocenters. The summed E-state index contributed by atoms with van der Waals surface area (Å²) in [6, 6.07) is 0. The smallest absolute Gasteiger partial charge is 0.154 e. The molecule has 0 rings (SSSR count). The summed E-state index contributed by atoms with van der Waals surface area (Å²) in [7, 11) is -2.81. The summed E-state index contributed by atoms with van der Waals surface area (Å²) in [5.41, 5.74) is 0. The van der Waals surface area contributed by atoms with Crippen molar-refractivity contribution >= 4 is 9.84 Å². The molecule has 0 aromatic heterocycles. The van der Waals surface area contributed by atoms with Gasteiger partial charge in [0, 0.05) is 0 Å². The third kappa shape index (κ3) is 7.05. The lowest BCUT2D eigenvalue weighted by Gasteiger charge is -2.09. The molecule has 0 spiro atoms. The van der Waals surface area contributed by atoms with Crippen molar-refractivity contribution in [2.45, 2.75) is 64.9 Å². The van der Waals surface area contributed by atoms with Crippen molar-refractivity contribution < 1.29 is 8.42 Å². The standard InChI is InChI=1S/C6H14O2S.C4H10/c1-5(2)9(7,8)6(3)4;1-3-4-2/h5-6H,1-4H3;3-4H2,1-2H3. The first-order valence-electron chi connectivity index (χ1n) is 5.03. The maximum Gasteiger partial charge on any atom is 0.154 e. The molecule has 0 amide bonds. The molecule has 0 radical (unpaired) electrons. The molecule has 0 N–H and O–H groups in total. The van der Waals surface area contributed by atoms with Crippen LogP contribution in [-0.2, 0) is 9.84 Å². The minimum atomic E-state index is -2.81. The lowest BCUT2D eigenvalue weighted by molar-refractivity contribution is 0.578. The molecule has 0 fully saturated rings. The van der Waals surface area contributed by atoms with E-state index in [4.69, 9.17) is 0 Å². The molecule has 0 heterocycles. The maximum absolute atomic E-state index is 11.0. The first-order chi connectivity index (χ1) is 5.80. The van der Waals surface area contributed by atoms with E-state index in [9.17, 15) is 8.42 Å². The van der Waals surface area contributed by atoms with Gasteiger partial charge >= 0.3 is 0 Å². The molecule has 0 unspecified atom stereocenters. The third-order valence-corrected chi connectivity index (χ3v) is 4.44. The Morgan fingerprint density at radius 1 is 0.846 bits per heavy atom. The molecule has 13 heavy (non-hydrogen) atoms. The van der Waals surface area contributed by atoms with E-state index in [1.54, 1.807) is 27.7 Å². The van der Waals surface area contributed by atoms with Gasteiger partial charge in [0.2, 0.25) is 0 Å². The normalized spacial score (nSPS) is 11.4. The van der Waals surface area contributed by atoms with Crippen LogP contribution in [0.25, 0.3) is 0 Å². The highest BCUT2D eigenvalue weighted by atomic mass is 32.2. The van der Waals surface area contributed by atoms with Gasteiger partial charge in [0.05, 0.1) is 10.5 Å². The fourth-order valence-corrected chi connectivity index (χ4v) is 1.63. The molecule has 0 saturated carbocycles. The maximum atomic E-state index is 11.0. The number of rotatable bonds is 3. The Morgan fingerprint density at radius 2 is 1.08 bits per heavy atom. The molecule has 0 bridgehead atoms. The lowest BCUT2D eigenvalue weighted by Crippen LogP contribution is -2.23. The second-order valence-electron chi connectivity index (χ2n) is 3.69. The molecule has 0 aromatic rings. The van der Waals surface area contributed by atoms with Crippen molar-refractivity contribution in [1.29, 1.82) is 0 Å². The van der Waals surface area contributed by atoms with Gasteiger partial charge in [-0.25, -0.2) is 8.42 Å². The van der Waals surface area contributed by atoms with E-state index in [-0.39, 0.29) is 10.5 Å². The average molecular weight is 208 g/mol. The highest BCUT2D eigenvalue weighted by Gasteiger charge is 2.19. The Balaban J connectivity index is 0. The van der Waals surface area contributed by atoms with Crippen LogP contribution < -0.4 is 0 Å². The Bertz CT molecular complexity index is 175. The summed E-state index contributed by atoms with van der Waals surface area (Å²) >= 11 is 0. The van der Waals surface area contributed by atoms with Crippen LogP contribution >= 0.6 is 0 Å². The van der Waals surface area contributed by atoms with Gasteiger partial charge in [-0.05, 0) is 27.7 Å². The Labute approximate surface area is 83.7 Å². The zero-order chi connectivity index (χ0) is 11.1. The van der Waals surface area contributed by atoms with Gasteiger partial charge in [0.1, 0.15) is 0 Å². The molecular formula is C10H24O2S. The number of hydrogen-bond acceptors (Lipinski definition) is 2. The summed E-state index contributed by atoms with van der Waals surface area (Å²) in [5, 5.41) is -0.477. The van der Waals surface area contributed by atoms with E-state index in [1.165, 1.54) is 12.8 Å². The summed E-state index contributed by atoms with van der Waals surface area (Å²) in [6.07, 6.45) is 2.64. The van der Waals surface area contributed by atoms with Crippen molar-refractivity contribution in [3.63, 3.8) is 0 Å². The molecule has 0 aliphatic carbocycles. The van der Waals surface area contributed by atoms with Gasteiger partial charge in [-0.2, -0.15) is 0 Å². The average Bonchev–Trinajstić information content (AvgIpc) is 2.04. The minimum absolute atomic E-state index is 0.238. The van der Waals surface area contributed by atoms with Gasteiger partial charge in [0.15, 0.2) is 9.84 Å². The highest BCUT2D eigenvalue weighted by molar-refractivity contribution is 7.92. The first kappa shape index (κ1) is 15.4. The van der Waals surface area contributed by atoms with Crippen LogP contribution in [-0.4, -0.2) is 18.9 Å². The summed E-state index contributed by atoms with van der Waals surface area (Å²) in [5.74, 6) is 0. The van der Waals surface area contributed by atoms with E-state index >= 15 is 0 Å². The molecule has 2 nitrogen and oxygen atoms in total. The largest absolute Gasteiger partial charge is 0.228 e. The van der Waals surface area contributed by atoms with Gasteiger partial charge in [0.25, 0.3) is 0 Å². The van der Waals surface area contributed by atoms with E-state index in [0.717, 1.165) is 0 Å². The lowest BCUT2D eigenvalue weighted by atomic mass is 10.4. The molecule has 0 aliphatic rings. The van der Waals surface area contributed by atoms with Crippen LogP contribution in [0.3, 0.4) is 0 Å². The predicted molar refractivity (Wildman–Crippen MR) is 59.8 cm³/mol. The number of unbranched alkanes of at least 4 members (excludes halogenated alkanes) is 1. The van der Waals surface area contributed by atoms with Crippen molar-refractivity contribution in [2.24, 2.45) is 0 Å². The zero-order valence-corrected chi connectivity index (χ0v) is 10.6. The summed E-state index contributed by atoms with van der Waals surface area (Å²) in [4.78, 5) is 0. The molecule has 0 aromatic carbocycles. The van der Waals surface area contributed by atoms with Gasteiger partial charge in [-0.15, -0.1) is 0 Å². The highest BCUT2D eigenvalue weighted by Crippen LogP contribution is 2.06. The topological polar surface area (TPSA) is 34.1 Å². The molecule has 0 saturated heterocycles. The quantitative estimate of drug-likeness (QED) is 0.714. The van der Waals surface area contributed by atoms with E-state index < -0.39 is 9.84 Å². The summed E-state index contributed by atoms with van der Waals surface area (Å²) < 4.78 is 22.1.